The minimum atomic E-state index is -0.324. The molecule has 0 saturated carbocycles. The molecule has 6 heteroatoms. The van der Waals surface area contributed by atoms with Gasteiger partial charge in [-0.1, -0.05) is 11.6 Å². The Morgan fingerprint density at radius 2 is 2.11 bits per heavy atom. The fourth-order valence-electron chi connectivity index (χ4n) is 1.46. The van der Waals surface area contributed by atoms with E-state index in [1.165, 1.54) is 0 Å². The topological polar surface area (TPSA) is 70.1 Å². The molecule has 5 nitrogen and oxygen atoms in total. The molecule has 2 N–H and O–H groups in total. The van der Waals surface area contributed by atoms with Crippen molar-refractivity contribution in [3.8, 4) is 5.75 Å². The molecule has 1 aromatic heterocycles. The summed E-state index contributed by atoms with van der Waals surface area (Å²) in [4.78, 5) is 11.8. The zero-order valence-corrected chi connectivity index (χ0v) is 10.5. The molecule has 94 valence electrons. The second kappa shape index (κ2) is 5.10. The first-order chi connectivity index (χ1) is 8.56. The SMILES string of the molecule is Cc1cc(N)n(C(=O)COc2ccc(Cl)cc2)n1. The summed E-state index contributed by atoms with van der Waals surface area (Å²) in [6.45, 7) is 1.63. The highest BCUT2D eigenvalue weighted by Gasteiger charge is 2.11. The van der Waals surface area contributed by atoms with Crippen LogP contribution in [0.3, 0.4) is 0 Å². The van der Waals surface area contributed by atoms with Crippen LogP contribution in [0.15, 0.2) is 30.3 Å². The number of nitrogen functional groups attached to an aromatic ring is 1. The van der Waals surface area contributed by atoms with E-state index in [9.17, 15) is 4.79 Å². The summed E-state index contributed by atoms with van der Waals surface area (Å²) in [5.41, 5.74) is 6.33. The number of hydrogen-bond donors (Lipinski definition) is 1. The van der Waals surface area contributed by atoms with E-state index in [-0.39, 0.29) is 12.5 Å². The van der Waals surface area contributed by atoms with Gasteiger partial charge in [-0.25, -0.2) is 0 Å². The monoisotopic (exact) mass is 265 g/mol. The molecule has 1 aromatic carbocycles. The van der Waals surface area contributed by atoms with Gasteiger partial charge in [0.1, 0.15) is 11.6 Å². The maximum absolute atomic E-state index is 11.8. The van der Waals surface area contributed by atoms with Crippen LogP contribution in [0.1, 0.15) is 10.5 Å². The second-order valence-corrected chi connectivity index (χ2v) is 4.20. The normalized spacial score (nSPS) is 10.3. The quantitative estimate of drug-likeness (QED) is 0.923. The van der Waals surface area contributed by atoms with Gasteiger partial charge in [-0.15, -0.1) is 0 Å². The predicted molar refractivity (Wildman–Crippen MR) is 68.9 cm³/mol. The molecule has 2 rings (SSSR count). The van der Waals surface area contributed by atoms with E-state index in [2.05, 4.69) is 5.10 Å². The Kier molecular flexibility index (Phi) is 3.53. The average molecular weight is 266 g/mol. The third kappa shape index (κ3) is 2.81. The van der Waals surface area contributed by atoms with Crippen molar-refractivity contribution < 1.29 is 9.53 Å². The molecule has 0 unspecified atom stereocenters. The fraction of sp³-hybridized carbons (Fsp3) is 0.167. The molecule has 2 aromatic rings. The number of aryl methyl sites for hydroxylation is 1. The predicted octanol–water partition coefficient (Wildman–Crippen LogP) is 2.15. The standard InChI is InChI=1S/C12H12ClN3O2/c1-8-6-11(14)16(15-8)12(17)7-18-10-4-2-9(13)3-5-10/h2-6H,7,14H2,1H3. The number of carbonyl (C=O) groups excluding carboxylic acids is 1. The molecule has 0 aliphatic heterocycles. The lowest BCUT2D eigenvalue weighted by Crippen LogP contribution is -2.22. The minimum absolute atomic E-state index is 0.132. The number of halogens is 1. The van der Waals surface area contributed by atoms with E-state index in [0.29, 0.717) is 22.3 Å². The van der Waals surface area contributed by atoms with Crippen LogP contribution in [0.25, 0.3) is 0 Å². The number of aromatic nitrogens is 2. The third-order valence-electron chi connectivity index (χ3n) is 2.27. The first-order valence-electron chi connectivity index (χ1n) is 5.30. The van der Waals surface area contributed by atoms with Crippen LogP contribution in [0.4, 0.5) is 5.82 Å². The van der Waals surface area contributed by atoms with Crippen molar-refractivity contribution >= 4 is 23.3 Å². The largest absolute Gasteiger partial charge is 0.484 e. The van der Waals surface area contributed by atoms with Crippen LogP contribution in [0, 0.1) is 6.92 Å². The highest BCUT2D eigenvalue weighted by molar-refractivity contribution is 6.30. The van der Waals surface area contributed by atoms with E-state index in [1.807, 2.05) is 0 Å². The maximum Gasteiger partial charge on any atom is 0.286 e. The molecule has 0 atom stereocenters. The van der Waals surface area contributed by atoms with Crippen LogP contribution >= 0.6 is 11.6 Å². The smallest absolute Gasteiger partial charge is 0.286 e. The van der Waals surface area contributed by atoms with Crippen LogP contribution in [-0.4, -0.2) is 22.3 Å². The van der Waals surface area contributed by atoms with Crippen molar-refractivity contribution in [3.05, 3.63) is 41.0 Å². The summed E-state index contributed by atoms with van der Waals surface area (Å²) in [5.74, 6) is 0.544. The molecule has 0 fully saturated rings. The number of nitrogens with zero attached hydrogens (tertiary/aromatic N) is 2. The molecule has 18 heavy (non-hydrogen) atoms. The number of hydrogen-bond acceptors (Lipinski definition) is 4. The highest BCUT2D eigenvalue weighted by atomic mass is 35.5. The summed E-state index contributed by atoms with van der Waals surface area (Å²) in [5, 5.41) is 4.59. The summed E-state index contributed by atoms with van der Waals surface area (Å²) < 4.78 is 6.45. The Morgan fingerprint density at radius 1 is 1.44 bits per heavy atom. The fourth-order valence-corrected chi connectivity index (χ4v) is 1.58. The van der Waals surface area contributed by atoms with Crippen molar-refractivity contribution in [1.82, 2.24) is 9.78 Å². The Balaban J connectivity index is 2.00. The Morgan fingerprint density at radius 3 is 2.67 bits per heavy atom. The number of rotatable bonds is 3. The molecule has 0 aliphatic rings. The van der Waals surface area contributed by atoms with Crippen LogP contribution < -0.4 is 10.5 Å². The van der Waals surface area contributed by atoms with Gasteiger partial charge in [-0.05, 0) is 31.2 Å². The number of ether oxygens (including phenoxy) is 1. The molecule has 0 radical (unpaired) electrons. The Labute approximate surface area is 109 Å². The lowest BCUT2D eigenvalue weighted by atomic mass is 10.3. The molecule has 0 amide bonds. The lowest BCUT2D eigenvalue weighted by molar-refractivity contribution is 0.0824. The van der Waals surface area contributed by atoms with Gasteiger partial charge in [0.2, 0.25) is 0 Å². The van der Waals surface area contributed by atoms with Gasteiger partial charge in [0, 0.05) is 11.1 Å². The number of anilines is 1. The van der Waals surface area contributed by atoms with Gasteiger partial charge >= 0.3 is 0 Å². The van der Waals surface area contributed by atoms with Crippen LogP contribution in [0.2, 0.25) is 5.02 Å². The zero-order valence-electron chi connectivity index (χ0n) is 9.76. The van der Waals surface area contributed by atoms with E-state index >= 15 is 0 Å². The second-order valence-electron chi connectivity index (χ2n) is 3.76. The number of benzene rings is 1. The first kappa shape index (κ1) is 12.4. The zero-order chi connectivity index (χ0) is 13.1. The van der Waals surface area contributed by atoms with Crippen LogP contribution in [-0.2, 0) is 0 Å². The first-order valence-corrected chi connectivity index (χ1v) is 5.68. The maximum atomic E-state index is 11.8. The van der Waals surface area contributed by atoms with E-state index in [0.717, 1.165) is 4.68 Å². The summed E-state index contributed by atoms with van der Waals surface area (Å²) >= 11 is 5.74. The van der Waals surface area contributed by atoms with Gasteiger partial charge in [0.25, 0.3) is 5.91 Å². The van der Waals surface area contributed by atoms with Crippen molar-refractivity contribution in [2.24, 2.45) is 0 Å². The summed E-state index contributed by atoms with van der Waals surface area (Å²) in [6.07, 6.45) is 0. The summed E-state index contributed by atoms with van der Waals surface area (Å²) in [7, 11) is 0. The van der Waals surface area contributed by atoms with Crippen molar-refractivity contribution in [1.29, 1.82) is 0 Å². The molecular weight excluding hydrogens is 254 g/mol. The highest BCUT2D eigenvalue weighted by Crippen LogP contribution is 2.15. The Bertz CT molecular complexity index is 563. The molecule has 0 spiro atoms. The van der Waals surface area contributed by atoms with Gasteiger partial charge in [0.15, 0.2) is 6.61 Å². The van der Waals surface area contributed by atoms with Crippen LogP contribution in [0.5, 0.6) is 5.75 Å². The molecule has 0 aliphatic carbocycles. The molecule has 0 saturated heterocycles. The van der Waals surface area contributed by atoms with Crippen molar-refractivity contribution in [3.63, 3.8) is 0 Å². The van der Waals surface area contributed by atoms with Crippen molar-refractivity contribution in [2.45, 2.75) is 6.92 Å². The van der Waals surface area contributed by atoms with Gasteiger partial charge in [-0.3, -0.25) is 4.79 Å². The van der Waals surface area contributed by atoms with E-state index in [4.69, 9.17) is 22.1 Å². The Hall–Kier alpha value is -2.01. The van der Waals surface area contributed by atoms with E-state index < -0.39 is 0 Å². The molecular formula is C12H12ClN3O2. The van der Waals surface area contributed by atoms with Crippen molar-refractivity contribution in [2.75, 3.05) is 12.3 Å². The lowest BCUT2D eigenvalue weighted by Gasteiger charge is -2.06. The minimum Gasteiger partial charge on any atom is -0.484 e. The van der Waals surface area contributed by atoms with Gasteiger partial charge in [0.05, 0.1) is 5.69 Å². The average Bonchev–Trinajstić information content (AvgIpc) is 2.67. The van der Waals surface area contributed by atoms with Gasteiger partial charge in [-0.2, -0.15) is 9.78 Å². The van der Waals surface area contributed by atoms with Gasteiger partial charge < -0.3 is 10.5 Å². The number of carbonyl (C=O) groups is 1. The molecule has 0 bridgehead atoms. The van der Waals surface area contributed by atoms with E-state index in [1.54, 1.807) is 37.3 Å². The summed E-state index contributed by atoms with van der Waals surface area (Å²) in [6, 6.07) is 8.38. The number of nitrogens with two attached hydrogens (primary N) is 1. The third-order valence-corrected chi connectivity index (χ3v) is 2.52. The molecule has 1 heterocycles.